The fourth-order valence-electron chi connectivity index (χ4n) is 1.67. The number of aromatic nitrogens is 1. The zero-order valence-corrected chi connectivity index (χ0v) is 10.3. The molecule has 1 aromatic heterocycles. The third-order valence-corrected chi connectivity index (χ3v) is 2.56. The summed E-state index contributed by atoms with van der Waals surface area (Å²) in [5.74, 6) is -0.692. The lowest BCUT2D eigenvalue weighted by atomic mass is 10.2. The maximum Gasteiger partial charge on any atom is 0.255 e. The van der Waals surface area contributed by atoms with Gasteiger partial charge in [0.05, 0.1) is 0 Å². The van der Waals surface area contributed by atoms with Gasteiger partial charge in [0.2, 0.25) is 0 Å². The van der Waals surface area contributed by atoms with E-state index >= 15 is 0 Å². The Morgan fingerprint density at radius 3 is 2.89 bits per heavy atom. The largest absolute Gasteiger partial charge is 0.330 e. The number of rotatable bonds is 4. The van der Waals surface area contributed by atoms with E-state index in [0.717, 1.165) is 5.69 Å². The zero-order chi connectivity index (χ0) is 13.7. The van der Waals surface area contributed by atoms with Crippen LogP contribution in [0.2, 0.25) is 0 Å². The predicted molar refractivity (Wildman–Crippen MR) is 71.3 cm³/mol. The quantitative estimate of drug-likeness (QED) is 0.882. The van der Waals surface area contributed by atoms with Gasteiger partial charge in [-0.2, -0.15) is 0 Å². The predicted octanol–water partition coefficient (Wildman–Crippen LogP) is 1.97. The number of amides is 1. The molecule has 0 aliphatic rings. The average molecular weight is 259 g/mol. The highest BCUT2D eigenvalue weighted by molar-refractivity contribution is 6.04. The molecule has 0 saturated carbocycles. The van der Waals surface area contributed by atoms with E-state index in [1.54, 1.807) is 24.4 Å². The van der Waals surface area contributed by atoms with E-state index < -0.39 is 5.82 Å². The van der Waals surface area contributed by atoms with E-state index in [0.29, 0.717) is 24.2 Å². The number of pyridine rings is 1. The lowest BCUT2D eigenvalue weighted by Crippen LogP contribution is -2.13. The number of nitrogens with two attached hydrogens (primary N) is 1. The van der Waals surface area contributed by atoms with Gasteiger partial charge in [0.25, 0.3) is 5.91 Å². The molecule has 4 nitrogen and oxygen atoms in total. The molecular weight excluding hydrogens is 245 g/mol. The van der Waals surface area contributed by atoms with E-state index in [2.05, 4.69) is 10.3 Å². The summed E-state index contributed by atoms with van der Waals surface area (Å²) in [6.07, 6.45) is 2.17. The molecule has 0 atom stereocenters. The minimum absolute atomic E-state index is 0.300. The van der Waals surface area contributed by atoms with Gasteiger partial charge in [0.1, 0.15) is 5.82 Å². The van der Waals surface area contributed by atoms with Gasteiger partial charge in [0.15, 0.2) is 0 Å². The second-order valence-corrected chi connectivity index (χ2v) is 4.04. The van der Waals surface area contributed by atoms with Crippen molar-refractivity contribution in [2.45, 2.75) is 6.42 Å². The molecule has 1 amide bonds. The second kappa shape index (κ2) is 6.06. The zero-order valence-electron chi connectivity index (χ0n) is 10.3. The molecule has 0 aliphatic heterocycles. The normalized spacial score (nSPS) is 10.2. The summed E-state index contributed by atoms with van der Waals surface area (Å²) in [7, 11) is 0. The van der Waals surface area contributed by atoms with Crippen LogP contribution in [0.5, 0.6) is 0 Å². The van der Waals surface area contributed by atoms with Crippen molar-refractivity contribution >= 4 is 11.6 Å². The Morgan fingerprint density at radius 1 is 1.32 bits per heavy atom. The maximum absolute atomic E-state index is 13.0. The first-order chi connectivity index (χ1) is 9.19. The van der Waals surface area contributed by atoms with Gasteiger partial charge in [-0.25, -0.2) is 4.39 Å². The molecule has 0 bridgehead atoms. The van der Waals surface area contributed by atoms with E-state index in [9.17, 15) is 9.18 Å². The molecule has 0 saturated heterocycles. The van der Waals surface area contributed by atoms with E-state index in [1.165, 1.54) is 18.2 Å². The van der Waals surface area contributed by atoms with Crippen LogP contribution in [-0.4, -0.2) is 17.4 Å². The Balaban J connectivity index is 2.13. The van der Waals surface area contributed by atoms with E-state index in [4.69, 9.17) is 5.73 Å². The van der Waals surface area contributed by atoms with Crippen LogP contribution in [0.4, 0.5) is 10.1 Å². The van der Waals surface area contributed by atoms with Crippen LogP contribution in [0.15, 0.2) is 42.6 Å². The summed E-state index contributed by atoms with van der Waals surface area (Å²) in [6, 6.07) is 9.04. The monoisotopic (exact) mass is 259 g/mol. The standard InChI is InChI=1S/C14H14FN3O/c15-11-2-1-3-13(9-11)18-14(19)10-5-7-17-12(8-10)4-6-16/h1-3,5,7-9H,4,6,16H2,(H,18,19). The van der Waals surface area contributed by atoms with Crippen molar-refractivity contribution in [1.82, 2.24) is 4.98 Å². The number of nitrogens with zero attached hydrogens (tertiary/aromatic N) is 1. The minimum atomic E-state index is -0.392. The average Bonchev–Trinajstić information content (AvgIpc) is 2.39. The van der Waals surface area contributed by atoms with Crippen molar-refractivity contribution < 1.29 is 9.18 Å². The van der Waals surface area contributed by atoms with Crippen LogP contribution < -0.4 is 11.1 Å². The highest BCUT2D eigenvalue weighted by Gasteiger charge is 2.07. The first kappa shape index (κ1) is 13.2. The Kier molecular flexibility index (Phi) is 4.20. The minimum Gasteiger partial charge on any atom is -0.330 e. The van der Waals surface area contributed by atoms with Gasteiger partial charge in [-0.1, -0.05) is 6.07 Å². The first-order valence-corrected chi connectivity index (χ1v) is 5.91. The van der Waals surface area contributed by atoms with Crippen molar-refractivity contribution in [2.75, 3.05) is 11.9 Å². The van der Waals surface area contributed by atoms with Gasteiger partial charge in [0, 0.05) is 29.6 Å². The summed E-state index contributed by atoms with van der Waals surface area (Å²) >= 11 is 0. The first-order valence-electron chi connectivity index (χ1n) is 5.91. The molecule has 5 heteroatoms. The summed E-state index contributed by atoms with van der Waals surface area (Å²) in [6.45, 7) is 0.474. The fraction of sp³-hybridized carbons (Fsp3) is 0.143. The van der Waals surface area contributed by atoms with Gasteiger partial charge in [-0.05, 0) is 36.9 Å². The van der Waals surface area contributed by atoms with Crippen molar-refractivity contribution in [3.8, 4) is 0 Å². The van der Waals surface area contributed by atoms with Gasteiger partial charge in [-0.3, -0.25) is 9.78 Å². The SMILES string of the molecule is NCCc1cc(C(=O)Nc2cccc(F)c2)ccn1. The number of benzene rings is 1. The molecule has 0 spiro atoms. The third kappa shape index (κ3) is 3.59. The number of halogens is 1. The molecule has 1 aromatic carbocycles. The Labute approximate surface area is 110 Å². The molecule has 2 aromatic rings. The molecule has 0 aliphatic carbocycles. The number of hydrogen-bond acceptors (Lipinski definition) is 3. The van der Waals surface area contributed by atoms with Crippen LogP contribution in [0.25, 0.3) is 0 Å². The van der Waals surface area contributed by atoms with E-state index in [1.807, 2.05) is 0 Å². The van der Waals surface area contributed by atoms with Gasteiger partial charge in [-0.15, -0.1) is 0 Å². The van der Waals surface area contributed by atoms with Crippen LogP contribution in [0.1, 0.15) is 16.1 Å². The topological polar surface area (TPSA) is 68.0 Å². The Morgan fingerprint density at radius 2 is 2.16 bits per heavy atom. The maximum atomic E-state index is 13.0. The van der Waals surface area contributed by atoms with Crippen molar-refractivity contribution in [2.24, 2.45) is 5.73 Å². The highest BCUT2D eigenvalue weighted by atomic mass is 19.1. The second-order valence-electron chi connectivity index (χ2n) is 4.04. The Hall–Kier alpha value is -2.27. The van der Waals surface area contributed by atoms with Crippen LogP contribution in [-0.2, 0) is 6.42 Å². The molecule has 0 radical (unpaired) electrons. The molecule has 0 fully saturated rings. The summed E-state index contributed by atoms with van der Waals surface area (Å²) in [4.78, 5) is 16.1. The van der Waals surface area contributed by atoms with Crippen LogP contribution >= 0.6 is 0 Å². The molecule has 3 N–H and O–H groups in total. The van der Waals surface area contributed by atoms with Crippen LogP contribution in [0, 0.1) is 5.82 Å². The molecule has 2 rings (SSSR count). The van der Waals surface area contributed by atoms with Gasteiger partial charge < -0.3 is 11.1 Å². The number of carbonyl (C=O) groups is 1. The lowest BCUT2D eigenvalue weighted by Gasteiger charge is -2.06. The fourth-order valence-corrected chi connectivity index (χ4v) is 1.67. The number of anilines is 1. The third-order valence-electron chi connectivity index (χ3n) is 2.56. The smallest absolute Gasteiger partial charge is 0.255 e. The van der Waals surface area contributed by atoms with Crippen molar-refractivity contribution in [1.29, 1.82) is 0 Å². The van der Waals surface area contributed by atoms with Crippen LogP contribution in [0.3, 0.4) is 0 Å². The number of hydrogen-bond donors (Lipinski definition) is 2. The molecule has 98 valence electrons. The number of nitrogens with one attached hydrogen (secondary N) is 1. The molecule has 1 heterocycles. The summed E-state index contributed by atoms with van der Waals surface area (Å²) in [5.41, 5.74) is 7.10. The highest BCUT2D eigenvalue weighted by Crippen LogP contribution is 2.11. The summed E-state index contributed by atoms with van der Waals surface area (Å²) < 4.78 is 13.0. The molecule has 0 unspecified atom stereocenters. The van der Waals surface area contributed by atoms with Gasteiger partial charge >= 0.3 is 0 Å². The Bertz CT molecular complexity index is 586. The van der Waals surface area contributed by atoms with Crippen molar-refractivity contribution in [3.05, 3.63) is 59.7 Å². The molecular formula is C14H14FN3O. The lowest BCUT2D eigenvalue weighted by molar-refractivity contribution is 0.102. The van der Waals surface area contributed by atoms with E-state index in [-0.39, 0.29) is 5.91 Å². The molecule has 19 heavy (non-hydrogen) atoms. The number of carbonyl (C=O) groups excluding carboxylic acids is 1. The van der Waals surface area contributed by atoms with Crippen molar-refractivity contribution in [3.63, 3.8) is 0 Å². The summed E-state index contributed by atoms with van der Waals surface area (Å²) in [5, 5.41) is 2.63.